The number of para-hydroxylation sites is 1. The van der Waals surface area contributed by atoms with Gasteiger partial charge in [0.15, 0.2) is 0 Å². The Morgan fingerprint density at radius 1 is 1.40 bits per heavy atom. The van der Waals surface area contributed by atoms with Crippen LogP contribution in [0.3, 0.4) is 0 Å². The summed E-state index contributed by atoms with van der Waals surface area (Å²) in [6, 6.07) is 7.60. The number of carbonyl (C=O) groups is 1. The van der Waals surface area contributed by atoms with Crippen LogP contribution in [-0.2, 0) is 16.0 Å². The van der Waals surface area contributed by atoms with Crippen LogP contribution < -0.4 is 5.32 Å². The van der Waals surface area contributed by atoms with Crippen LogP contribution in [0.2, 0.25) is 0 Å². The molecule has 0 fully saturated rings. The fourth-order valence-corrected chi connectivity index (χ4v) is 2.23. The molecular formula is C14H16N2O4. The van der Waals surface area contributed by atoms with Crippen molar-refractivity contribution in [2.45, 2.75) is 26.2 Å². The molecule has 0 saturated carbocycles. The van der Waals surface area contributed by atoms with Crippen LogP contribution in [0.25, 0.3) is 0 Å². The van der Waals surface area contributed by atoms with Gasteiger partial charge in [-0.25, -0.2) is 4.79 Å². The molecule has 0 unspecified atom stereocenters. The highest BCUT2D eigenvalue weighted by molar-refractivity contribution is 5.87. The number of esters is 1. The Balaban J connectivity index is 2.40. The summed E-state index contributed by atoms with van der Waals surface area (Å²) in [7, 11) is 0. The van der Waals surface area contributed by atoms with Crippen molar-refractivity contribution >= 4 is 11.7 Å². The number of hydrogen-bond donors (Lipinski definition) is 1. The standard InChI is InChI=1S/C14H16N2O4/c1-2-20-14(17)13(16(18)19)12-9-5-7-10-6-3-4-8-11(10)15-12/h3-4,6,8,15H,2,5,7,9H2,1H3. The van der Waals surface area contributed by atoms with Crippen LogP contribution in [-0.4, -0.2) is 17.5 Å². The van der Waals surface area contributed by atoms with E-state index in [-0.39, 0.29) is 6.61 Å². The summed E-state index contributed by atoms with van der Waals surface area (Å²) in [6.07, 6.45) is 2.01. The van der Waals surface area contributed by atoms with Gasteiger partial charge in [0.05, 0.1) is 11.5 Å². The molecule has 20 heavy (non-hydrogen) atoms. The van der Waals surface area contributed by atoms with E-state index in [4.69, 9.17) is 4.74 Å². The maximum atomic E-state index is 11.7. The van der Waals surface area contributed by atoms with E-state index in [1.165, 1.54) is 0 Å². The van der Waals surface area contributed by atoms with Crippen LogP contribution in [0.5, 0.6) is 0 Å². The number of nitrogens with one attached hydrogen (secondary N) is 1. The van der Waals surface area contributed by atoms with E-state index < -0.39 is 16.6 Å². The minimum Gasteiger partial charge on any atom is -0.458 e. The lowest BCUT2D eigenvalue weighted by atomic mass is 10.1. The fourth-order valence-electron chi connectivity index (χ4n) is 2.23. The molecule has 0 aliphatic carbocycles. The van der Waals surface area contributed by atoms with Crippen molar-refractivity contribution in [1.82, 2.24) is 0 Å². The molecular weight excluding hydrogens is 260 g/mol. The van der Waals surface area contributed by atoms with Crippen LogP contribution in [0.4, 0.5) is 5.69 Å². The van der Waals surface area contributed by atoms with Crippen LogP contribution in [0, 0.1) is 10.1 Å². The number of allylic oxidation sites excluding steroid dienone is 1. The molecule has 0 bridgehead atoms. The number of anilines is 1. The van der Waals surface area contributed by atoms with E-state index >= 15 is 0 Å². The van der Waals surface area contributed by atoms with Crippen molar-refractivity contribution in [2.24, 2.45) is 0 Å². The van der Waals surface area contributed by atoms with Gasteiger partial charge in [-0.2, -0.15) is 0 Å². The molecule has 0 spiro atoms. The highest BCUT2D eigenvalue weighted by Gasteiger charge is 2.30. The summed E-state index contributed by atoms with van der Waals surface area (Å²) >= 11 is 0. The quantitative estimate of drug-likeness (QED) is 0.397. The maximum Gasteiger partial charge on any atom is 0.411 e. The second kappa shape index (κ2) is 6.18. The zero-order valence-corrected chi connectivity index (χ0v) is 11.2. The fraction of sp³-hybridized carbons (Fsp3) is 0.357. The Hall–Kier alpha value is -2.37. The molecule has 1 aromatic rings. The minimum atomic E-state index is -0.889. The van der Waals surface area contributed by atoms with Gasteiger partial charge >= 0.3 is 11.7 Å². The summed E-state index contributed by atoms with van der Waals surface area (Å²) in [4.78, 5) is 22.2. The first-order valence-corrected chi connectivity index (χ1v) is 6.53. The highest BCUT2D eigenvalue weighted by Crippen LogP contribution is 2.27. The molecule has 1 N–H and O–H groups in total. The summed E-state index contributed by atoms with van der Waals surface area (Å²) in [5.41, 5.74) is 1.72. The third kappa shape index (κ3) is 2.96. The molecule has 0 saturated heterocycles. The lowest BCUT2D eigenvalue weighted by Gasteiger charge is -2.10. The molecule has 1 aliphatic heterocycles. The molecule has 1 aromatic carbocycles. The SMILES string of the molecule is CCOC(=O)C(=C1CCCc2ccccc2N1)[N+](=O)[O-]. The first-order chi connectivity index (χ1) is 9.63. The molecule has 0 atom stereocenters. The predicted octanol–water partition coefficient (Wildman–Crippen LogP) is 2.49. The van der Waals surface area contributed by atoms with E-state index in [0.717, 1.165) is 24.1 Å². The van der Waals surface area contributed by atoms with E-state index in [9.17, 15) is 14.9 Å². The van der Waals surface area contributed by atoms with Crippen molar-refractivity contribution in [1.29, 1.82) is 0 Å². The van der Waals surface area contributed by atoms with Gasteiger partial charge in [0.2, 0.25) is 0 Å². The third-order valence-electron chi connectivity index (χ3n) is 3.11. The molecule has 0 aromatic heterocycles. The average Bonchev–Trinajstić information content (AvgIpc) is 2.60. The molecule has 106 valence electrons. The number of aryl methyl sites for hydroxylation is 1. The summed E-state index contributed by atoms with van der Waals surface area (Å²) in [5.74, 6) is -0.889. The van der Waals surface area contributed by atoms with Crippen LogP contribution >= 0.6 is 0 Å². The van der Waals surface area contributed by atoms with Gasteiger partial charge in [0, 0.05) is 5.69 Å². The van der Waals surface area contributed by atoms with Gasteiger partial charge in [-0.15, -0.1) is 0 Å². The number of carbonyl (C=O) groups excluding carboxylic acids is 1. The normalized spacial score (nSPS) is 16.4. The van der Waals surface area contributed by atoms with Gasteiger partial charge in [0.1, 0.15) is 5.70 Å². The Kier molecular flexibility index (Phi) is 4.34. The number of fused-ring (bicyclic) bond motifs is 1. The van der Waals surface area contributed by atoms with Gasteiger partial charge in [-0.05, 0) is 37.8 Å². The molecule has 0 radical (unpaired) electrons. The van der Waals surface area contributed by atoms with E-state index in [0.29, 0.717) is 12.1 Å². The summed E-state index contributed by atoms with van der Waals surface area (Å²) < 4.78 is 4.77. The number of hydrogen-bond acceptors (Lipinski definition) is 5. The monoisotopic (exact) mass is 276 g/mol. The molecule has 1 heterocycles. The van der Waals surface area contributed by atoms with Gasteiger partial charge in [-0.3, -0.25) is 10.1 Å². The Morgan fingerprint density at radius 3 is 2.85 bits per heavy atom. The van der Waals surface area contributed by atoms with Crippen molar-refractivity contribution in [3.05, 3.63) is 51.3 Å². The Labute approximate surface area is 116 Å². The third-order valence-corrected chi connectivity index (χ3v) is 3.11. The highest BCUT2D eigenvalue weighted by atomic mass is 16.6. The lowest BCUT2D eigenvalue weighted by Crippen LogP contribution is -2.20. The molecule has 1 aliphatic rings. The zero-order chi connectivity index (χ0) is 14.5. The summed E-state index contributed by atoms with van der Waals surface area (Å²) in [6.45, 7) is 1.73. The number of nitro groups is 1. The van der Waals surface area contributed by atoms with Crippen molar-refractivity contribution in [3.63, 3.8) is 0 Å². The van der Waals surface area contributed by atoms with E-state index in [1.54, 1.807) is 6.92 Å². The average molecular weight is 276 g/mol. The number of nitrogens with zero attached hydrogens (tertiary/aromatic N) is 1. The van der Waals surface area contributed by atoms with Gasteiger partial charge in [0.25, 0.3) is 0 Å². The summed E-state index contributed by atoms with van der Waals surface area (Å²) in [5, 5.41) is 14.2. The second-order valence-corrected chi connectivity index (χ2v) is 4.44. The van der Waals surface area contributed by atoms with Crippen molar-refractivity contribution < 1.29 is 14.5 Å². The van der Waals surface area contributed by atoms with Crippen LogP contribution in [0.1, 0.15) is 25.3 Å². The maximum absolute atomic E-state index is 11.7. The first kappa shape index (κ1) is 14.0. The first-order valence-electron chi connectivity index (χ1n) is 6.53. The number of ether oxygens (including phenoxy) is 1. The molecule has 2 rings (SSSR count). The smallest absolute Gasteiger partial charge is 0.411 e. The second-order valence-electron chi connectivity index (χ2n) is 4.44. The number of benzene rings is 1. The predicted molar refractivity (Wildman–Crippen MR) is 73.7 cm³/mol. The van der Waals surface area contributed by atoms with Crippen molar-refractivity contribution in [2.75, 3.05) is 11.9 Å². The van der Waals surface area contributed by atoms with Gasteiger partial charge < -0.3 is 10.1 Å². The van der Waals surface area contributed by atoms with Gasteiger partial charge in [-0.1, -0.05) is 18.2 Å². The van der Waals surface area contributed by atoms with E-state index in [2.05, 4.69) is 5.32 Å². The van der Waals surface area contributed by atoms with Crippen LogP contribution in [0.15, 0.2) is 35.7 Å². The topological polar surface area (TPSA) is 81.5 Å². The largest absolute Gasteiger partial charge is 0.458 e. The molecule has 6 heteroatoms. The minimum absolute atomic E-state index is 0.111. The van der Waals surface area contributed by atoms with E-state index in [1.807, 2.05) is 24.3 Å². The van der Waals surface area contributed by atoms with Crippen molar-refractivity contribution in [3.8, 4) is 0 Å². The molecule has 6 nitrogen and oxygen atoms in total. The number of rotatable bonds is 3. The zero-order valence-electron chi connectivity index (χ0n) is 11.2. The molecule has 0 amide bonds. The Bertz CT molecular complexity index is 566. The lowest BCUT2D eigenvalue weighted by molar-refractivity contribution is -0.422. The Morgan fingerprint density at radius 2 is 2.15 bits per heavy atom.